The van der Waals surface area contributed by atoms with Gasteiger partial charge in [-0.25, -0.2) is 0 Å². The Balaban J connectivity index is 2.24. The van der Waals surface area contributed by atoms with Crippen molar-refractivity contribution in [1.29, 1.82) is 0 Å². The van der Waals surface area contributed by atoms with Crippen LogP contribution in [-0.4, -0.2) is 4.74 Å². The first-order valence-electron chi connectivity index (χ1n) is 3.65. The summed E-state index contributed by atoms with van der Waals surface area (Å²) in [5.74, 6) is 0. The normalized spacial score (nSPS) is 10.5. The van der Waals surface area contributed by atoms with Crippen LogP contribution in [0.3, 0.4) is 0 Å². The number of nitrogens with zero attached hydrogens (tertiary/aromatic N) is 1. The monoisotopic (exact) mass is 215 g/mol. The van der Waals surface area contributed by atoms with Gasteiger partial charge in [-0.15, -0.1) is 11.3 Å². The fourth-order valence-electron chi connectivity index (χ4n) is 0.991. The molecule has 0 unspecified atom stereocenters. The summed E-state index contributed by atoms with van der Waals surface area (Å²) in [6.07, 6.45) is 1.37. The second-order valence-electron chi connectivity index (χ2n) is 2.49. The van der Waals surface area contributed by atoms with E-state index in [0.717, 1.165) is 9.21 Å². The highest BCUT2D eigenvalue weighted by atomic mass is 35.5. The van der Waals surface area contributed by atoms with Crippen LogP contribution in [0.5, 0.6) is 0 Å². The lowest BCUT2D eigenvalue weighted by Crippen LogP contribution is -2.13. The van der Waals surface area contributed by atoms with Crippen LogP contribution in [0.1, 0.15) is 4.88 Å². The average Bonchev–Trinajstić information content (AvgIpc) is 2.64. The highest BCUT2D eigenvalue weighted by Gasteiger charge is 2.02. The van der Waals surface area contributed by atoms with E-state index in [1.165, 1.54) is 28.4 Å². The zero-order valence-electron chi connectivity index (χ0n) is 6.57. The van der Waals surface area contributed by atoms with Crippen molar-refractivity contribution in [3.63, 3.8) is 0 Å². The third-order valence-electron chi connectivity index (χ3n) is 1.57. The first-order valence-corrected chi connectivity index (χ1v) is 4.84. The highest BCUT2D eigenvalue weighted by Crippen LogP contribution is 2.21. The summed E-state index contributed by atoms with van der Waals surface area (Å²) in [5, 5.41) is 0. The molecule has 0 aliphatic rings. The van der Waals surface area contributed by atoms with Crippen molar-refractivity contribution in [2.45, 2.75) is 6.54 Å². The molecule has 2 heterocycles. The summed E-state index contributed by atoms with van der Waals surface area (Å²) in [4.78, 5) is 12.1. The van der Waals surface area contributed by atoms with Crippen LogP contribution in [0.2, 0.25) is 4.34 Å². The molecule has 0 radical (unpaired) electrons. The first-order chi connectivity index (χ1) is 6.25. The second-order valence-corrected chi connectivity index (χ2v) is 4.29. The standard InChI is InChI=1S/C8H6ClNO2S/c9-7-2-1-6(13-7)5-10-8(11)3-4-12-10/h1-4H,5H2. The summed E-state index contributed by atoms with van der Waals surface area (Å²) >= 11 is 7.18. The topological polar surface area (TPSA) is 35.1 Å². The molecule has 2 aromatic rings. The molecule has 5 heteroatoms. The van der Waals surface area contributed by atoms with Crippen molar-refractivity contribution in [2.24, 2.45) is 0 Å². The number of thiophene rings is 1. The van der Waals surface area contributed by atoms with Crippen LogP contribution < -0.4 is 5.56 Å². The minimum Gasteiger partial charge on any atom is -0.384 e. The minimum absolute atomic E-state index is 0.135. The molecule has 0 aromatic carbocycles. The third kappa shape index (κ3) is 1.84. The maximum atomic E-state index is 11.1. The van der Waals surface area contributed by atoms with E-state index in [1.807, 2.05) is 6.07 Å². The molecule has 0 amide bonds. The predicted molar refractivity (Wildman–Crippen MR) is 51.4 cm³/mol. The number of hydrogen-bond donors (Lipinski definition) is 0. The van der Waals surface area contributed by atoms with E-state index < -0.39 is 0 Å². The Morgan fingerprint density at radius 1 is 1.46 bits per heavy atom. The lowest BCUT2D eigenvalue weighted by Gasteiger charge is -1.94. The van der Waals surface area contributed by atoms with Gasteiger partial charge in [0.2, 0.25) is 0 Å². The molecular formula is C8H6ClNO2S. The molecule has 0 atom stereocenters. The van der Waals surface area contributed by atoms with Gasteiger partial charge in [0, 0.05) is 10.9 Å². The first kappa shape index (κ1) is 8.59. The van der Waals surface area contributed by atoms with Gasteiger partial charge < -0.3 is 4.52 Å². The van der Waals surface area contributed by atoms with Crippen molar-refractivity contribution in [1.82, 2.24) is 4.74 Å². The van der Waals surface area contributed by atoms with Gasteiger partial charge in [0.05, 0.1) is 10.9 Å². The van der Waals surface area contributed by atoms with Crippen LogP contribution in [0.15, 0.2) is 33.8 Å². The van der Waals surface area contributed by atoms with E-state index in [2.05, 4.69) is 0 Å². The Hall–Kier alpha value is -1.000. The lowest BCUT2D eigenvalue weighted by molar-refractivity contribution is 0.278. The zero-order chi connectivity index (χ0) is 9.26. The zero-order valence-corrected chi connectivity index (χ0v) is 8.14. The number of halogens is 1. The maximum absolute atomic E-state index is 11.1. The SMILES string of the molecule is O=c1ccon1Cc1ccc(Cl)s1. The van der Waals surface area contributed by atoms with Crippen molar-refractivity contribution < 1.29 is 4.52 Å². The predicted octanol–water partition coefficient (Wildman–Crippen LogP) is 2.20. The van der Waals surface area contributed by atoms with Crippen LogP contribution >= 0.6 is 22.9 Å². The summed E-state index contributed by atoms with van der Waals surface area (Å²) in [6.45, 7) is 0.448. The van der Waals surface area contributed by atoms with Crippen molar-refractivity contribution >= 4 is 22.9 Å². The van der Waals surface area contributed by atoms with Gasteiger partial charge in [-0.3, -0.25) is 4.79 Å². The molecule has 0 aliphatic heterocycles. The summed E-state index contributed by atoms with van der Waals surface area (Å²) in [5.41, 5.74) is -0.135. The smallest absolute Gasteiger partial charge is 0.282 e. The van der Waals surface area contributed by atoms with Crippen LogP contribution in [0.4, 0.5) is 0 Å². The quantitative estimate of drug-likeness (QED) is 0.770. The Morgan fingerprint density at radius 2 is 2.31 bits per heavy atom. The second kappa shape index (κ2) is 3.40. The summed E-state index contributed by atoms with van der Waals surface area (Å²) in [6, 6.07) is 5.06. The Kier molecular flexibility index (Phi) is 2.24. The van der Waals surface area contributed by atoms with Gasteiger partial charge in [-0.2, -0.15) is 4.74 Å². The highest BCUT2D eigenvalue weighted by molar-refractivity contribution is 7.16. The molecule has 3 nitrogen and oxygen atoms in total. The van der Waals surface area contributed by atoms with Crippen molar-refractivity contribution in [3.05, 3.63) is 44.0 Å². The third-order valence-corrected chi connectivity index (χ3v) is 2.79. The van der Waals surface area contributed by atoms with E-state index in [9.17, 15) is 4.79 Å². The molecule has 68 valence electrons. The van der Waals surface area contributed by atoms with Crippen molar-refractivity contribution in [3.8, 4) is 0 Å². The summed E-state index contributed by atoms with van der Waals surface area (Å²) in [7, 11) is 0. The Labute approximate surface area is 83.1 Å². The van der Waals surface area contributed by atoms with Crippen LogP contribution in [-0.2, 0) is 6.54 Å². The fourth-order valence-corrected chi connectivity index (χ4v) is 2.06. The minimum atomic E-state index is -0.135. The van der Waals surface area contributed by atoms with Gasteiger partial charge in [0.15, 0.2) is 0 Å². The molecule has 0 bridgehead atoms. The van der Waals surface area contributed by atoms with Gasteiger partial charge in [0.1, 0.15) is 6.26 Å². The van der Waals surface area contributed by atoms with E-state index in [1.54, 1.807) is 6.07 Å². The maximum Gasteiger partial charge on any atom is 0.282 e. The molecule has 2 rings (SSSR count). The van der Waals surface area contributed by atoms with Gasteiger partial charge in [-0.1, -0.05) is 11.6 Å². The van der Waals surface area contributed by atoms with Crippen LogP contribution in [0, 0.1) is 0 Å². The molecular weight excluding hydrogens is 210 g/mol. The fraction of sp³-hybridized carbons (Fsp3) is 0.125. The summed E-state index contributed by atoms with van der Waals surface area (Å²) < 4.78 is 6.94. The van der Waals surface area contributed by atoms with Crippen molar-refractivity contribution in [2.75, 3.05) is 0 Å². The molecule has 13 heavy (non-hydrogen) atoms. The van der Waals surface area contributed by atoms with E-state index in [0.29, 0.717) is 6.54 Å². The van der Waals surface area contributed by atoms with E-state index in [4.69, 9.17) is 16.1 Å². The molecule has 0 aliphatic carbocycles. The van der Waals surface area contributed by atoms with Gasteiger partial charge >= 0.3 is 0 Å². The van der Waals surface area contributed by atoms with E-state index >= 15 is 0 Å². The van der Waals surface area contributed by atoms with Gasteiger partial charge in [-0.05, 0) is 12.1 Å². The Bertz CT molecular complexity index is 456. The van der Waals surface area contributed by atoms with Crippen LogP contribution in [0.25, 0.3) is 0 Å². The lowest BCUT2D eigenvalue weighted by atomic mass is 10.5. The number of aromatic nitrogens is 1. The molecule has 0 N–H and O–H groups in total. The average molecular weight is 216 g/mol. The molecule has 0 saturated heterocycles. The molecule has 0 fully saturated rings. The number of hydrogen-bond acceptors (Lipinski definition) is 3. The Morgan fingerprint density at radius 3 is 2.85 bits per heavy atom. The van der Waals surface area contributed by atoms with E-state index in [-0.39, 0.29) is 5.56 Å². The molecule has 2 aromatic heterocycles. The van der Waals surface area contributed by atoms with Gasteiger partial charge in [0.25, 0.3) is 5.56 Å². The molecule has 0 saturated carbocycles. The number of rotatable bonds is 2. The largest absolute Gasteiger partial charge is 0.384 e. The molecule has 0 spiro atoms.